The summed E-state index contributed by atoms with van der Waals surface area (Å²) in [6.07, 6.45) is 1.81. The van der Waals surface area contributed by atoms with Gasteiger partial charge in [0.1, 0.15) is 0 Å². The standard InChI is InChI=1S/C9H15BrN4S/c1-4-14-8(7(10)5-12-14)6-13(3)9(15)11-2/h5H,4,6H2,1-3H3,(H,11,15). The van der Waals surface area contributed by atoms with Gasteiger partial charge in [-0.05, 0) is 35.1 Å². The third-order valence-electron chi connectivity index (χ3n) is 2.14. The van der Waals surface area contributed by atoms with Crippen molar-refractivity contribution in [2.45, 2.75) is 20.0 Å². The molecular formula is C9H15BrN4S. The molecule has 1 N–H and O–H groups in total. The highest BCUT2D eigenvalue weighted by atomic mass is 79.9. The highest BCUT2D eigenvalue weighted by molar-refractivity contribution is 9.10. The zero-order valence-corrected chi connectivity index (χ0v) is 11.5. The molecule has 6 heteroatoms. The Morgan fingerprint density at radius 3 is 2.93 bits per heavy atom. The van der Waals surface area contributed by atoms with Crippen LogP contribution in [0.5, 0.6) is 0 Å². The molecule has 0 saturated carbocycles. The maximum absolute atomic E-state index is 5.14. The smallest absolute Gasteiger partial charge is 0.168 e. The summed E-state index contributed by atoms with van der Waals surface area (Å²) in [5.41, 5.74) is 1.14. The molecule has 1 aromatic heterocycles. The molecule has 1 rings (SSSR count). The summed E-state index contributed by atoms with van der Waals surface area (Å²) in [5, 5.41) is 7.93. The first-order chi connectivity index (χ1) is 7.10. The Morgan fingerprint density at radius 1 is 1.73 bits per heavy atom. The van der Waals surface area contributed by atoms with Crippen molar-refractivity contribution in [1.29, 1.82) is 0 Å². The van der Waals surface area contributed by atoms with Crippen LogP contribution in [0, 0.1) is 0 Å². The van der Waals surface area contributed by atoms with Crippen LogP contribution in [0.3, 0.4) is 0 Å². The highest BCUT2D eigenvalue weighted by Crippen LogP contribution is 2.17. The van der Waals surface area contributed by atoms with E-state index < -0.39 is 0 Å². The lowest BCUT2D eigenvalue weighted by molar-refractivity contribution is 0.460. The lowest BCUT2D eigenvalue weighted by atomic mass is 10.4. The summed E-state index contributed by atoms with van der Waals surface area (Å²) in [6, 6.07) is 0. The molecular weight excluding hydrogens is 276 g/mol. The number of rotatable bonds is 3. The molecule has 1 heterocycles. The van der Waals surface area contributed by atoms with Gasteiger partial charge in [0, 0.05) is 20.6 Å². The molecule has 84 valence electrons. The molecule has 0 radical (unpaired) electrons. The van der Waals surface area contributed by atoms with Crippen LogP contribution in [0.4, 0.5) is 0 Å². The molecule has 0 saturated heterocycles. The van der Waals surface area contributed by atoms with Gasteiger partial charge < -0.3 is 10.2 Å². The summed E-state index contributed by atoms with van der Waals surface area (Å²) in [6.45, 7) is 3.68. The van der Waals surface area contributed by atoms with Gasteiger partial charge in [0.25, 0.3) is 0 Å². The van der Waals surface area contributed by atoms with Gasteiger partial charge >= 0.3 is 0 Å². The molecule has 0 aliphatic heterocycles. The lowest BCUT2D eigenvalue weighted by Crippen LogP contribution is -2.34. The number of nitrogens with zero attached hydrogens (tertiary/aromatic N) is 3. The number of hydrogen-bond acceptors (Lipinski definition) is 2. The Bertz CT molecular complexity index is 350. The van der Waals surface area contributed by atoms with Crippen LogP contribution in [-0.2, 0) is 13.1 Å². The van der Waals surface area contributed by atoms with Crippen molar-refractivity contribution in [3.8, 4) is 0 Å². The predicted molar refractivity (Wildman–Crippen MR) is 68.7 cm³/mol. The minimum atomic E-state index is 0.728. The van der Waals surface area contributed by atoms with E-state index in [0.717, 1.165) is 28.4 Å². The van der Waals surface area contributed by atoms with Crippen LogP contribution in [0.1, 0.15) is 12.6 Å². The van der Waals surface area contributed by atoms with Crippen molar-refractivity contribution in [3.05, 3.63) is 16.4 Å². The summed E-state index contributed by atoms with van der Waals surface area (Å²) >= 11 is 8.63. The second kappa shape index (κ2) is 5.46. The van der Waals surface area contributed by atoms with Crippen LogP contribution in [-0.4, -0.2) is 33.9 Å². The third kappa shape index (κ3) is 2.92. The minimum Gasteiger partial charge on any atom is -0.366 e. The van der Waals surface area contributed by atoms with Crippen LogP contribution in [0.15, 0.2) is 10.7 Å². The van der Waals surface area contributed by atoms with Gasteiger partial charge in [-0.3, -0.25) is 4.68 Å². The number of halogens is 1. The van der Waals surface area contributed by atoms with E-state index in [-0.39, 0.29) is 0 Å². The molecule has 4 nitrogen and oxygen atoms in total. The van der Waals surface area contributed by atoms with Gasteiger partial charge in [-0.2, -0.15) is 5.10 Å². The van der Waals surface area contributed by atoms with Gasteiger partial charge in [-0.25, -0.2) is 0 Å². The van der Waals surface area contributed by atoms with Crippen molar-refractivity contribution in [3.63, 3.8) is 0 Å². The summed E-state index contributed by atoms with van der Waals surface area (Å²) < 4.78 is 2.98. The van der Waals surface area contributed by atoms with E-state index in [0.29, 0.717) is 0 Å². The molecule has 0 spiro atoms. The number of thiocarbonyl (C=S) groups is 1. The van der Waals surface area contributed by atoms with Gasteiger partial charge in [0.2, 0.25) is 0 Å². The number of nitrogens with one attached hydrogen (secondary N) is 1. The summed E-state index contributed by atoms with van der Waals surface area (Å²) in [5.74, 6) is 0. The topological polar surface area (TPSA) is 33.1 Å². The average Bonchev–Trinajstić information content (AvgIpc) is 2.59. The SMILES string of the molecule is CCn1ncc(Br)c1CN(C)C(=S)NC. The fourth-order valence-corrected chi connectivity index (χ4v) is 1.79. The van der Waals surface area contributed by atoms with E-state index in [2.05, 4.69) is 33.3 Å². The van der Waals surface area contributed by atoms with Crippen molar-refractivity contribution < 1.29 is 0 Å². The Morgan fingerprint density at radius 2 is 2.40 bits per heavy atom. The maximum Gasteiger partial charge on any atom is 0.168 e. The highest BCUT2D eigenvalue weighted by Gasteiger charge is 2.11. The largest absolute Gasteiger partial charge is 0.366 e. The number of aromatic nitrogens is 2. The van der Waals surface area contributed by atoms with Crippen molar-refractivity contribution in [2.24, 2.45) is 0 Å². The normalized spacial score (nSPS) is 10.1. The second-order valence-electron chi connectivity index (χ2n) is 3.17. The zero-order valence-electron chi connectivity index (χ0n) is 9.12. The maximum atomic E-state index is 5.14. The summed E-state index contributed by atoms with van der Waals surface area (Å²) in [4.78, 5) is 1.98. The van der Waals surface area contributed by atoms with Crippen LogP contribution >= 0.6 is 28.1 Å². The van der Waals surface area contributed by atoms with Crippen LogP contribution in [0.2, 0.25) is 0 Å². The van der Waals surface area contributed by atoms with Gasteiger partial charge in [0.05, 0.1) is 22.9 Å². The van der Waals surface area contributed by atoms with Crippen molar-refractivity contribution in [2.75, 3.05) is 14.1 Å². The quantitative estimate of drug-likeness (QED) is 0.858. The van der Waals surface area contributed by atoms with Crippen molar-refractivity contribution >= 4 is 33.3 Å². The number of hydrogen-bond donors (Lipinski definition) is 1. The first-order valence-corrected chi connectivity index (χ1v) is 5.93. The molecule has 0 unspecified atom stereocenters. The molecule has 0 fully saturated rings. The Hall–Kier alpha value is -0.620. The second-order valence-corrected chi connectivity index (χ2v) is 4.41. The van der Waals surface area contributed by atoms with E-state index in [1.807, 2.05) is 29.9 Å². The van der Waals surface area contributed by atoms with E-state index in [1.54, 1.807) is 0 Å². The first-order valence-electron chi connectivity index (χ1n) is 4.73. The Kier molecular flexibility index (Phi) is 4.53. The molecule has 0 aliphatic carbocycles. The third-order valence-corrected chi connectivity index (χ3v) is 3.32. The van der Waals surface area contributed by atoms with Crippen LogP contribution in [0.25, 0.3) is 0 Å². The molecule has 0 bridgehead atoms. The monoisotopic (exact) mass is 290 g/mol. The van der Waals surface area contributed by atoms with E-state index in [9.17, 15) is 0 Å². The molecule has 0 aromatic carbocycles. The molecule has 0 amide bonds. The molecule has 1 aromatic rings. The molecule has 0 aliphatic rings. The van der Waals surface area contributed by atoms with E-state index >= 15 is 0 Å². The Labute approximate surface area is 104 Å². The lowest BCUT2D eigenvalue weighted by Gasteiger charge is -2.20. The number of aryl methyl sites for hydroxylation is 1. The Balaban J connectivity index is 2.79. The molecule has 0 atom stereocenters. The molecule has 15 heavy (non-hydrogen) atoms. The van der Waals surface area contributed by atoms with Crippen molar-refractivity contribution in [1.82, 2.24) is 20.0 Å². The van der Waals surface area contributed by atoms with Gasteiger partial charge in [-0.1, -0.05) is 0 Å². The average molecular weight is 291 g/mol. The van der Waals surface area contributed by atoms with Gasteiger partial charge in [-0.15, -0.1) is 0 Å². The fourth-order valence-electron chi connectivity index (χ4n) is 1.30. The van der Waals surface area contributed by atoms with Gasteiger partial charge in [0.15, 0.2) is 5.11 Å². The first kappa shape index (κ1) is 12.4. The van der Waals surface area contributed by atoms with E-state index in [1.165, 1.54) is 0 Å². The van der Waals surface area contributed by atoms with E-state index in [4.69, 9.17) is 12.2 Å². The summed E-state index contributed by atoms with van der Waals surface area (Å²) in [7, 11) is 3.78. The minimum absolute atomic E-state index is 0.728. The fraction of sp³-hybridized carbons (Fsp3) is 0.556. The van der Waals surface area contributed by atoms with Crippen LogP contribution < -0.4 is 5.32 Å². The predicted octanol–water partition coefficient (Wildman–Crippen LogP) is 1.60. The zero-order chi connectivity index (χ0) is 11.4.